The molecule has 0 saturated heterocycles. The molecule has 0 radical (unpaired) electrons. The highest BCUT2D eigenvalue weighted by Gasteiger charge is 2.21. The molecular weight excluding hydrogens is 508 g/mol. The molecule has 38 heavy (non-hydrogen) atoms. The Bertz CT molecular complexity index is 1310. The third-order valence-corrected chi connectivity index (χ3v) is 6.48. The predicted octanol–water partition coefficient (Wildman–Crippen LogP) is 4.47. The number of rotatable bonds is 12. The van der Waals surface area contributed by atoms with E-state index in [1.807, 2.05) is 35.8 Å². The van der Waals surface area contributed by atoms with E-state index in [-0.39, 0.29) is 22.6 Å². The first-order valence-corrected chi connectivity index (χ1v) is 12.8. The third-order valence-electron chi connectivity index (χ3n) is 5.52. The summed E-state index contributed by atoms with van der Waals surface area (Å²) in [6, 6.07) is 12.0. The van der Waals surface area contributed by atoms with Crippen LogP contribution in [0.15, 0.2) is 60.3 Å². The second-order valence-corrected chi connectivity index (χ2v) is 9.02. The monoisotopic (exact) mass is 538 g/mol. The smallest absolute Gasteiger partial charge is 0.339 e. The maximum Gasteiger partial charge on any atom is 0.339 e. The lowest BCUT2D eigenvalue weighted by molar-refractivity contribution is -0.113. The molecule has 0 aliphatic rings. The minimum atomic E-state index is -0.655. The number of amides is 1. The van der Waals surface area contributed by atoms with Gasteiger partial charge in [0.05, 0.1) is 36.8 Å². The number of carbonyl (C=O) groups is 3. The molecule has 0 aliphatic heterocycles. The van der Waals surface area contributed by atoms with Crippen LogP contribution in [0.25, 0.3) is 0 Å². The highest BCUT2D eigenvalue weighted by Crippen LogP contribution is 2.26. The SMILES string of the molecule is C=CCn1c(SCC(=O)Nc2cc(C(=O)OC)ccc2C(=O)OC)nnc1C(C)Oc1ccc(CC)cc1. The Balaban J connectivity index is 1.73. The van der Waals surface area contributed by atoms with Gasteiger partial charge < -0.3 is 19.5 Å². The Kier molecular flexibility index (Phi) is 10.1. The Morgan fingerprint density at radius 2 is 1.79 bits per heavy atom. The van der Waals surface area contributed by atoms with Crippen LogP contribution in [0, 0.1) is 0 Å². The van der Waals surface area contributed by atoms with E-state index in [4.69, 9.17) is 14.2 Å². The number of methoxy groups -OCH3 is 2. The van der Waals surface area contributed by atoms with Gasteiger partial charge in [-0.1, -0.05) is 36.9 Å². The molecule has 0 saturated carbocycles. The van der Waals surface area contributed by atoms with Gasteiger partial charge in [-0.05, 0) is 49.2 Å². The van der Waals surface area contributed by atoms with Crippen molar-refractivity contribution in [3.63, 3.8) is 0 Å². The van der Waals surface area contributed by atoms with Crippen LogP contribution < -0.4 is 10.1 Å². The summed E-state index contributed by atoms with van der Waals surface area (Å²) in [5.41, 5.74) is 1.63. The average Bonchev–Trinajstić information content (AvgIpc) is 3.34. The topological polar surface area (TPSA) is 122 Å². The number of allylic oxidation sites excluding steroid dienone is 1. The fourth-order valence-electron chi connectivity index (χ4n) is 3.57. The molecule has 11 heteroatoms. The van der Waals surface area contributed by atoms with Gasteiger partial charge in [-0.2, -0.15) is 0 Å². The molecule has 0 aliphatic carbocycles. The predicted molar refractivity (Wildman–Crippen MR) is 144 cm³/mol. The number of hydrogen-bond donors (Lipinski definition) is 1. The number of aryl methyl sites for hydroxylation is 1. The van der Waals surface area contributed by atoms with Crippen LogP contribution in [-0.2, 0) is 27.2 Å². The fraction of sp³-hybridized carbons (Fsp3) is 0.296. The van der Waals surface area contributed by atoms with Gasteiger partial charge in [-0.3, -0.25) is 9.36 Å². The molecule has 1 atom stereocenters. The standard InChI is InChI=1S/C27H30N4O6S/c1-6-14-31-24(17(3)37-20-11-8-18(7-2)9-12-20)29-30-27(31)38-16-23(32)28-22-15-19(25(33)35-4)10-13-21(22)26(34)36-5/h6,8-13,15,17H,1,7,14,16H2,2-5H3,(H,28,32). The number of esters is 2. The molecule has 1 aromatic heterocycles. The first-order chi connectivity index (χ1) is 18.3. The first kappa shape index (κ1) is 28.5. The molecular formula is C27H30N4O6S. The summed E-state index contributed by atoms with van der Waals surface area (Å²) in [7, 11) is 2.47. The molecule has 3 rings (SSSR count). The van der Waals surface area contributed by atoms with Gasteiger partial charge in [-0.15, -0.1) is 16.8 Å². The number of benzene rings is 2. The summed E-state index contributed by atoms with van der Waals surface area (Å²) < 4.78 is 17.4. The molecule has 1 unspecified atom stereocenters. The van der Waals surface area contributed by atoms with Crippen LogP contribution in [-0.4, -0.2) is 52.6 Å². The minimum absolute atomic E-state index is 0.0357. The lowest BCUT2D eigenvalue weighted by Crippen LogP contribution is -2.18. The van der Waals surface area contributed by atoms with Crippen molar-refractivity contribution in [1.29, 1.82) is 0 Å². The summed E-state index contributed by atoms with van der Waals surface area (Å²) in [6.07, 6.45) is 2.25. The summed E-state index contributed by atoms with van der Waals surface area (Å²) in [5, 5.41) is 11.7. The van der Waals surface area contributed by atoms with E-state index >= 15 is 0 Å². The molecule has 0 bridgehead atoms. The molecule has 10 nitrogen and oxygen atoms in total. The lowest BCUT2D eigenvalue weighted by atomic mass is 10.1. The van der Waals surface area contributed by atoms with Gasteiger partial charge in [0.15, 0.2) is 17.1 Å². The van der Waals surface area contributed by atoms with E-state index in [0.717, 1.165) is 6.42 Å². The number of carbonyl (C=O) groups excluding carboxylic acids is 3. The Hall–Kier alpha value is -4.12. The maximum atomic E-state index is 12.8. The lowest BCUT2D eigenvalue weighted by Gasteiger charge is -2.16. The van der Waals surface area contributed by atoms with Crippen molar-refractivity contribution in [2.45, 2.75) is 38.1 Å². The van der Waals surface area contributed by atoms with E-state index < -0.39 is 23.9 Å². The van der Waals surface area contributed by atoms with Gasteiger partial charge in [0.25, 0.3) is 0 Å². The van der Waals surface area contributed by atoms with Crippen LogP contribution >= 0.6 is 11.8 Å². The number of aromatic nitrogens is 3. The Labute approximate surface area is 225 Å². The quantitative estimate of drug-likeness (QED) is 0.202. The second kappa shape index (κ2) is 13.4. The first-order valence-electron chi connectivity index (χ1n) is 11.8. The molecule has 1 N–H and O–H groups in total. The summed E-state index contributed by atoms with van der Waals surface area (Å²) in [5.74, 6) is -0.408. The van der Waals surface area contributed by atoms with Crippen LogP contribution in [0.1, 0.15) is 52.1 Å². The van der Waals surface area contributed by atoms with Gasteiger partial charge in [0.2, 0.25) is 5.91 Å². The molecule has 0 spiro atoms. The normalized spacial score (nSPS) is 11.4. The second-order valence-electron chi connectivity index (χ2n) is 8.08. The van der Waals surface area contributed by atoms with Crippen LogP contribution in [0.2, 0.25) is 0 Å². The number of anilines is 1. The van der Waals surface area contributed by atoms with Crippen LogP contribution in [0.5, 0.6) is 5.75 Å². The zero-order valence-corrected chi connectivity index (χ0v) is 22.5. The summed E-state index contributed by atoms with van der Waals surface area (Å²) in [6.45, 7) is 8.19. The number of ether oxygens (including phenoxy) is 3. The maximum absolute atomic E-state index is 12.8. The number of nitrogens with one attached hydrogen (secondary N) is 1. The zero-order chi connectivity index (χ0) is 27.7. The van der Waals surface area contributed by atoms with Crippen molar-refractivity contribution in [3.8, 4) is 5.75 Å². The van der Waals surface area contributed by atoms with Gasteiger partial charge in [0, 0.05) is 6.54 Å². The zero-order valence-electron chi connectivity index (χ0n) is 21.7. The van der Waals surface area contributed by atoms with Gasteiger partial charge in [0.1, 0.15) is 5.75 Å². The van der Waals surface area contributed by atoms with E-state index in [2.05, 4.69) is 29.0 Å². The molecule has 1 heterocycles. The van der Waals surface area contributed by atoms with Gasteiger partial charge in [-0.25, -0.2) is 9.59 Å². The van der Waals surface area contributed by atoms with Gasteiger partial charge >= 0.3 is 11.9 Å². The molecule has 0 fully saturated rings. The van der Waals surface area contributed by atoms with Crippen molar-refractivity contribution < 1.29 is 28.6 Å². The molecule has 1 amide bonds. The third kappa shape index (κ3) is 7.00. The van der Waals surface area contributed by atoms with Crippen molar-refractivity contribution in [1.82, 2.24) is 14.8 Å². The van der Waals surface area contributed by atoms with Crippen molar-refractivity contribution >= 4 is 35.3 Å². The molecule has 2 aromatic carbocycles. The number of hydrogen-bond acceptors (Lipinski definition) is 9. The highest BCUT2D eigenvalue weighted by molar-refractivity contribution is 7.99. The average molecular weight is 539 g/mol. The summed E-state index contributed by atoms with van der Waals surface area (Å²) in [4.78, 5) is 36.9. The van der Waals surface area contributed by atoms with Crippen molar-refractivity contribution in [2.75, 3.05) is 25.3 Å². The van der Waals surface area contributed by atoms with E-state index in [1.165, 1.54) is 49.7 Å². The number of thioether (sulfide) groups is 1. The van der Waals surface area contributed by atoms with E-state index in [0.29, 0.717) is 23.3 Å². The Morgan fingerprint density at radius 1 is 1.08 bits per heavy atom. The fourth-order valence-corrected chi connectivity index (χ4v) is 4.32. The largest absolute Gasteiger partial charge is 0.483 e. The van der Waals surface area contributed by atoms with E-state index in [1.54, 1.807) is 6.08 Å². The van der Waals surface area contributed by atoms with E-state index in [9.17, 15) is 14.4 Å². The summed E-state index contributed by atoms with van der Waals surface area (Å²) >= 11 is 1.17. The minimum Gasteiger partial charge on any atom is -0.483 e. The highest BCUT2D eigenvalue weighted by atomic mass is 32.2. The number of nitrogens with zero attached hydrogens (tertiary/aromatic N) is 3. The Morgan fingerprint density at radius 3 is 2.42 bits per heavy atom. The van der Waals surface area contributed by atoms with Crippen LogP contribution in [0.3, 0.4) is 0 Å². The van der Waals surface area contributed by atoms with Crippen molar-refractivity contribution in [2.24, 2.45) is 0 Å². The van der Waals surface area contributed by atoms with Crippen LogP contribution in [0.4, 0.5) is 5.69 Å². The molecule has 3 aromatic rings. The van der Waals surface area contributed by atoms with Crippen molar-refractivity contribution in [3.05, 3.63) is 77.6 Å². The molecule has 200 valence electrons.